The Kier molecular flexibility index (Phi) is 67.6. The van der Waals surface area contributed by atoms with Gasteiger partial charge in [-0.3, -0.25) is 14.4 Å². The summed E-state index contributed by atoms with van der Waals surface area (Å²) in [5.74, 6) is -0.858. The third-order valence-corrected chi connectivity index (χ3v) is 16.3. The van der Waals surface area contributed by atoms with Crippen LogP contribution in [-0.2, 0) is 28.6 Å². The molecule has 6 heteroatoms. The van der Waals surface area contributed by atoms with Gasteiger partial charge < -0.3 is 14.2 Å². The van der Waals surface area contributed by atoms with E-state index in [0.717, 1.165) is 77.0 Å². The molecule has 0 amide bonds. The van der Waals surface area contributed by atoms with Crippen LogP contribution in [0.4, 0.5) is 0 Å². The molecule has 0 bridgehead atoms. The first-order chi connectivity index (χ1) is 40.0. The van der Waals surface area contributed by atoms with E-state index < -0.39 is 6.10 Å². The second-order valence-corrected chi connectivity index (χ2v) is 24.5. The van der Waals surface area contributed by atoms with Gasteiger partial charge in [0.05, 0.1) is 0 Å². The summed E-state index contributed by atoms with van der Waals surface area (Å²) in [6.07, 6.45) is 88.5. The summed E-state index contributed by atoms with van der Waals surface area (Å²) in [7, 11) is 0. The van der Waals surface area contributed by atoms with Gasteiger partial charge in [-0.2, -0.15) is 0 Å². The summed E-state index contributed by atoms with van der Waals surface area (Å²) in [4.78, 5) is 38.5. The molecule has 0 aliphatic heterocycles. The highest BCUT2D eigenvalue weighted by Gasteiger charge is 2.19. The average Bonchev–Trinajstić information content (AvgIpc) is 3.47. The van der Waals surface area contributed by atoms with Crippen LogP contribution in [0.3, 0.4) is 0 Å². The van der Waals surface area contributed by atoms with E-state index >= 15 is 0 Å². The first kappa shape index (κ1) is 78.4. The Morgan fingerprint density at radius 3 is 0.704 bits per heavy atom. The highest BCUT2D eigenvalue weighted by Crippen LogP contribution is 2.18. The van der Waals surface area contributed by atoms with Crippen LogP contribution in [0.1, 0.15) is 393 Å². The van der Waals surface area contributed by atoms with Crippen molar-refractivity contribution >= 4 is 17.9 Å². The minimum Gasteiger partial charge on any atom is -0.462 e. The largest absolute Gasteiger partial charge is 0.462 e. The first-order valence-corrected chi connectivity index (χ1v) is 36.1. The number of carbonyl (C=O) groups is 3. The Morgan fingerprint density at radius 1 is 0.247 bits per heavy atom. The van der Waals surface area contributed by atoms with Crippen molar-refractivity contribution in [3.05, 3.63) is 48.6 Å². The molecule has 0 aromatic heterocycles. The van der Waals surface area contributed by atoms with E-state index in [2.05, 4.69) is 69.4 Å². The fraction of sp³-hybridized carbons (Fsp3) is 0.853. The van der Waals surface area contributed by atoms with Crippen LogP contribution in [0.25, 0.3) is 0 Å². The number of ether oxygens (including phenoxy) is 3. The van der Waals surface area contributed by atoms with Crippen LogP contribution in [0.2, 0.25) is 0 Å². The molecule has 1 unspecified atom stereocenters. The molecule has 0 radical (unpaired) electrons. The van der Waals surface area contributed by atoms with Gasteiger partial charge in [-0.1, -0.05) is 339 Å². The lowest BCUT2D eigenvalue weighted by Crippen LogP contribution is -2.30. The van der Waals surface area contributed by atoms with Crippen LogP contribution >= 0.6 is 0 Å². The molecule has 0 heterocycles. The Labute approximate surface area is 505 Å². The molecule has 6 nitrogen and oxygen atoms in total. The fourth-order valence-electron chi connectivity index (χ4n) is 10.9. The van der Waals surface area contributed by atoms with Crippen LogP contribution in [-0.4, -0.2) is 37.2 Å². The van der Waals surface area contributed by atoms with E-state index in [-0.39, 0.29) is 31.1 Å². The van der Waals surface area contributed by atoms with E-state index in [0.29, 0.717) is 19.3 Å². The Bertz CT molecular complexity index is 1400. The normalized spacial score (nSPS) is 12.3. The van der Waals surface area contributed by atoms with Gasteiger partial charge in [0.1, 0.15) is 13.2 Å². The molecule has 1 atom stereocenters. The molecule has 0 aliphatic rings. The molecule has 0 rings (SSSR count). The third kappa shape index (κ3) is 68.0. The molecular weight excluding hydrogens is 997 g/mol. The van der Waals surface area contributed by atoms with Gasteiger partial charge in [-0.25, -0.2) is 0 Å². The molecule has 0 aromatic rings. The predicted molar refractivity (Wildman–Crippen MR) is 353 cm³/mol. The number of carbonyl (C=O) groups excluding carboxylic acids is 3. The van der Waals surface area contributed by atoms with Gasteiger partial charge in [0.15, 0.2) is 6.10 Å². The van der Waals surface area contributed by atoms with Crippen molar-refractivity contribution in [2.75, 3.05) is 13.2 Å². The van der Waals surface area contributed by atoms with Crippen molar-refractivity contribution in [3.63, 3.8) is 0 Å². The standard InChI is InChI=1S/C75H138O6/c1-4-7-10-13-16-19-22-25-28-30-32-34-35-36-37-38-39-41-42-44-47-50-53-56-59-62-65-68-74(77)80-71-72(70-79-73(76)67-64-61-58-55-52-49-46-27-24-21-18-15-12-9-6-3)81-75(78)69-66-63-60-57-54-51-48-45-43-40-33-31-29-26-23-20-17-14-11-8-5-2/h23,26,30-33,43,45,72H,4-22,24-25,27-29,34-42,44,46-71H2,1-3H3/b26-23-,32-30-,33-31-,45-43-. The van der Waals surface area contributed by atoms with Crippen LogP contribution < -0.4 is 0 Å². The van der Waals surface area contributed by atoms with E-state index in [1.807, 2.05) is 0 Å². The minimum atomic E-state index is -0.779. The second kappa shape index (κ2) is 69.9. The van der Waals surface area contributed by atoms with Gasteiger partial charge in [-0.15, -0.1) is 0 Å². The van der Waals surface area contributed by atoms with Crippen molar-refractivity contribution in [2.24, 2.45) is 0 Å². The number of unbranched alkanes of at least 4 members (excludes halogenated alkanes) is 48. The van der Waals surface area contributed by atoms with E-state index in [9.17, 15) is 14.4 Å². The predicted octanol–water partition coefficient (Wildman–Crippen LogP) is 24.9. The summed E-state index contributed by atoms with van der Waals surface area (Å²) in [6, 6.07) is 0. The average molecular weight is 1140 g/mol. The zero-order valence-electron chi connectivity index (χ0n) is 54.6. The van der Waals surface area contributed by atoms with Gasteiger partial charge in [-0.05, 0) is 83.5 Å². The maximum absolute atomic E-state index is 13.0. The first-order valence-electron chi connectivity index (χ1n) is 36.1. The fourth-order valence-corrected chi connectivity index (χ4v) is 10.9. The Balaban J connectivity index is 4.28. The molecule has 0 fully saturated rings. The van der Waals surface area contributed by atoms with E-state index in [1.54, 1.807) is 0 Å². The van der Waals surface area contributed by atoms with Gasteiger partial charge in [0, 0.05) is 19.3 Å². The number of allylic oxidation sites excluding steroid dienone is 8. The van der Waals surface area contributed by atoms with Gasteiger partial charge >= 0.3 is 17.9 Å². The molecule has 0 N–H and O–H groups in total. The summed E-state index contributed by atoms with van der Waals surface area (Å²) in [5.41, 5.74) is 0. The molecule has 0 saturated carbocycles. The van der Waals surface area contributed by atoms with Crippen molar-refractivity contribution in [2.45, 2.75) is 399 Å². The maximum atomic E-state index is 13.0. The quantitative estimate of drug-likeness (QED) is 0.0261. The highest BCUT2D eigenvalue weighted by atomic mass is 16.6. The maximum Gasteiger partial charge on any atom is 0.306 e. The van der Waals surface area contributed by atoms with Gasteiger partial charge in [0.25, 0.3) is 0 Å². The summed E-state index contributed by atoms with van der Waals surface area (Å²) < 4.78 is 17.0. The zero-order valence-corrected chi connectivity index (χ0v) is 54.6. The Hall–Kier alpha value is -2.63. The smallest absolute Gasteiger partial charge is 0.306 e. The lowest BCUT2D eigenvalue weighted by atomic mass is 10.0. The summed E-state index contributed by atoms with van der Waals surface area (Å²) >= 11 is 0. The van der Waals surface area contributed by atoms with Crippen molar-refractivity contribution in [3.8, 4) is 0 Å². The summed E-state index contributed by atoms with van der Waals surface area (Å²) in [6.45, 7) is 6.69. The molecular formula is C75H138O6. The summed E-state index contributed by atoms with van der Waals surface area (Å²) in [5, 5.41) is 0. The molecule has 0 aromatic carbocycles. The number of hydrogen-bond donors (Lipinski definition) is 0. The van der Waals surface area contributed by atoms with E-state index in [1.165, 1.54) is 276 Å². The highest BCUT2D eigenvalue weighted by molar-refractivity contribution is 5.71. The van der Waals surface area contributed by atoms with Crippen molar-refractivity contribution in [1.29, 1.82) is 0 Å². The number of esters is 3. The molecule has 0 aliphatic carbocycles. The molecule has 474 valence electrons. The second-order valence-electron chi connectivity index (χ2n) is 24.5. The monoisotopic (exact) mass is 1140 g/mol. The Morgan fingerprint density at radius 2 is 0.444 bits per heavy atom. The lowest BCUT2D eigenvalue weighted by molar-refractivity contribution is -0.167. The van der Waals surface area contributed by atoms with Crippen LogP contribution in [0, 0.1) is 0 Å². The molecule has 0 spiro atoms. The molecule has 0 saturated heterocycles. The van der Waals surface area contributed by atoms with Crippen molar-refractivity contribution in [1.82, 2.24) is 0 Å². The zero-order chi connectivity index (χ0) is 58.5. The molecule has 81 heavy (non-hydrogen) atoms. The van der Waals surface area contributed by atoms with Crippen LogP contribution in [0.15, 0.2) is 48.6 Å². The topological polar surface area (TPSA) is 78.9 Å². The van der Waals surface area contributed by atoms with Crippen LogP contribution in [0.5, 0.6) is 0 Å². The van der Waals surface area contributed by atoms with Gasteiger partial charge in [0.2, 0.25) is 0 Å². The van der Waals surface area contributed by atoms with Crippen molar-refractivity contribution < 1.29 is 28.6 Å². The minimum absolute atomic E-state index is 0.0737. The SMILES string of the molecule is CCCCCCC/C=C\C/C=C\C/C=C\CCCCCCCCC(=O)OC(COC(=O)CCCCCCCCCCCCCCCCC)COC(=O)CCCCCCCCCCCCCCCCC/C=C\CCCCCCCCCC. The third-order valence-electron chi connectivity index (χ3n) is 16.3. The number of hydrogen-bond acceptors (Lipinski definition) is 6. The van der Waals surface area contributed by atoms with E-state index in [4.69, 9.17) is 14.2 Å². The lowest BCUT2D eigenvalue weighted by Gasteiger charge is -2.18. The number of rotatable bonds is 67.